The Morgan fingerprint density at radius 3 is 2.32 bits per heavy atom. The van der Waals surface area contributed by atoms with Crippen molar-refractivity contribution in [2.24, 2.45) is 5.10 Å². The monoisotopic (exact) mass is 386 g/mol. The van der Waals surface area contributed by atoms with Gasteiger partial charge < -0.3 is 23.7 Å². The summed E-state index contributed by atoms with van der Waals surface area (Å²) in [4.78, 5) is 12.4. The summed E-state index contributed by atoms with van der Waals surface area (Å²) in [5, 5.41) is 4.01. The topological polar surface area (TPSA) is 87.6 Å². The molecule has 2 aromatic carbocycles. The van der Waals surface area contributed by atoms with E-state index in [2.05, 4.69) is 10.5 Å². The zero-order valence-electron chi connectivity index (χ0n) is 16.0. The fourth-order valence-corrected chi connectivity index (χ4v) is 2.71. The van der Waals surface area contributed by atoms with Crippen molar-refractivity contribution in [3.05, 3.63) is 41.5 Å². The highest BCUT2D eigenvalue weighted by molar-refractivity contribution is 5.95. The quantitative estimate of drug-likeness (QED) is 0.607. The molecule has 0 atom stereocenters. The number of hydrogen-bond donors (Lipinski definition) is 1. The second-order valence-electron chi connectivity index (χ2n) is 5.87. The average molecular weight is 386 g/mol. The molecule has 0 aliphatic carbocycles. The molecule has 0 bridgehead atoms. The molecule has 0 radical (unpaired) electrons. The predicted octanol–water partition coefficient (Wildman–Crippen LogP) is 2.64. The molecule has 8 heteroatoms. The lowest BCUT2D eigenvalue weighted by molar-refractivity contribution is 0.0954. The van der Waals surface area contributed by atoms with Crippen LogP contribution in [0.3, 0.4) is 0 Å². The number of carbonyl (C=O) groups excluding carboxylic acids is 1. The predicted molar refractivity (Wildman–Crippen MR) is 103 cm³/mol. The van der Waals surface area contributed by atoms with Crippen molar-refractivity contribution >= 4 is 12.1 Å². The molecule has 1 amide bonds. The molecule has 0 aromatic heterocycles. The van der Waals surface area contributed by atoms with E-state index < -0.39 is 0 Å². The normalized spacial score (nSPS) is 13.0. The summed E-state index contributed by atoms with van der Waals surface area (Å²) in [6.07, 6.45) is 2.29. The number of hydrazone groups is 1. The van der Waals surface area contributed by atoms with Crippen molar-refractivity contribution in [2.75, 3.05) is 34.5 Å². The molecular formula is C20H22N2O6. The van der Waals surface area contributed by atoms with Crippen LogP contribution < -0.4 is 29.1 Å². The number of nitrogens with one attached hydrogen (secondary N) is 1. The third-order valence-corrected chi connectivity index (χ3v) is 4.08. The molecule has 1 aliphatic rings. The highest BCUT2D eigenvalue weighted by atomic mass is 16.5. The zero-order valence-corrected chi connectivity index (χ0v) is 16.0. The number of methoxy groups -OCH3 is 3. The molecule has 0 unspecified atom stereocenters. The van der Waals surface area contributed by atoms with Crippen molar-refractivity contribution in [1.82, 2.24) is 5.43 Å². The van der Waals surface area contributed by atoms with Crippen LogP contribution in [0.4, 0.5) is 0 Å². The Hall–Kier alpha value is -3.42. The van der Waals surface area contributed by atoms with Gasteiger partial charge in [-0.1, -0.05) is 0 Å². The lowest BCUT2D eigenvalue weighted by atomic mass is 10.2. The van der Waals surface area contributed by atoms with E-state index in [1.807, 2.05) is 0 Å². The first kappa shape index (κ1) is 19.3. The van der Waals surface area contributed by atoms with Crippen LogP contribution in [-0.4, -0.2) is 46.7 Å². The Balaban J connectivity index is 1.72. The molecular weight excluding hydrogens is 364 g/mol. The Morgan fingerprint density at radius 1 is 1.00 bits per heavy atom. The van der Waals surface area contributed by atoms with Gasteiger partial charge in [0.1, 0.15) is 0 Å². The molecule has 2 aromatic rings. The highest BCUT2D eigenvalue weighted by Gasteiger charge is 2.14. The molecule has 0 saturated heterocycles. The van der Waals surface area contributed by atoms with Crippen molar-refractivity contribution < 1.29 is 28.5 Å². The first-order valence-corrected chi connectivity index (χ1v) is 8.69. The smallest absolute Gasteiger partial charge is 0.271 e. The summed E-state index contributed by atoms with van der Waals surface area (Å²) in [6.45, 7) is 1.15. The summed E-state index contributed by atoms with van der Waals surface area (Å²) in [5.74, 6) is 2.31. The van der Waals surface area contributed by atoms with E-state index in [-0.39, 0.29) is 5.91 Å². The third kappa shape index (κ3) is 4.28. The number of benzene rings is 2. The number of carbonyl (C=O) groups is 1. The first-order chi connectivity index (χ1) is 13.7. The molecule has 1 heterocycles. The van der Waals surface area contributed by atoms with Crippen LogP contribution in [0.5, 0.6) is 28.7 Å². The van der Waals surface area contributed by atoms with E-state index in [0.29, 0.717) is 53.1 Å². The van der Waals surface area contributed by atoms with Gasteiger partial charge in [0.15, 0.2) is 23.0 Å². The molecule has 148 valence electrons. The lowest BCUT2D eigenvalue weighted by Gasteiger charge is -2.12. The van der Waals surface area contributed by atoms with Crippen molar-refractivity contribution in [2.45, 2.75) is 6.42 Å². The van der Waals surface area contributed by atoms with Crippen LogP contribution in [0, 0.1) is 0 Å². The Kier molecular flexibility index (Phi) is 6.21. The summed E-state index contributed by atoms with van der Waals surface area (Å²) in [6, 6.07) is 8.48. The molecule has 1 N–H and O–H groups in total. The average Bonchev–Trinajstić information content (AvgIpc) is 2.97. The molecule has 0 saturated carbocycles. The minimum Gasteiger partial charge on any atom is -0.493 e. The van der Waals surface area contributed by atoms with E-state index >= 15 is 0 Å². The van der Waals surface area contributed by atoms with Gasteiger partial charge in [0.2, 0.25) is 5.75 Å². The molecule has 8 nitrogen and oxygen atoms in total. The number of amides is 1. The van der Waals surface area contributed by atoms with Gasteiger partial charge in [-0.3, -0.25) is 4.79 Å². The van der Waals surface area contributed by atoms with Gasteiger partial charge in [-0.25, -0.2) is 5.43 Å². The summed E-state index contributed by atoms with van der Waals surface area (Å²) < 4.78 is 27.0. The first-order valence-electron chi connectivity index (χ1n) is 8.69. The van der Waals surface area contributed by atoms with Crippen molar-refractivity contribution in [3.63, 3.8) is 0 Å². The minimum absolute atomic E-state index is 0.362. The number of rotatable bonds is 6. The highest BCUT2D eigenvalue weighted by Crippen LogP contribution is 2.37. The largest absolute Gasteiger partial charge is 0.493 e. The van der Waals surface area contributed by atoms with Gasteiger partial charge in [0.25, 0.3) is 5.91 Å². The van der Waals surface area contributed by atoms with Crippen LogP contribution in [-0.2, 0) is 0 Å². The molecule has 3 rings (SSSR count). The molecule has 28 heavy (non-hydrogen) atoms. The van der Waals surface area contributed by atoms with E-state index in [1.54, 1.807) is 30.3 Å². The van der Waals surface area contributed by atoms with Crippen molar-refractivity contribution in [1.29, 1.82) is 0 Å². The maximum Gasteiger partial charge on any atom is 0.271 e. The number of fused-ring (bicyclic) bond motifs is 1. The Labute approximate surface area is 163 Å². The van der Waals surface area contributed by atoms with Gasteiger partial charge in [-0.2, -0.15) is 5.10 Å². The fraction of sp³-hybridized carbons (Fsp3) is 0.300. The SMILES string of the molecule is COc1cc(/C=N/NC(=O)c2ccc3c(c2)OCCCO3)cc(OC)c1OC. The van der Waals surface area contributed by atoms with E-state index in [4.69, 9.17) is 23.7 Å². The van der Waals surface area contributed by atoms with E-state index in [1.165, 1.54) is 27.5 Å². The molecule has 0 fully saturated rings. The van der Waals surface area contributed by atoms with Gasteiger partial charge in [-0.15, -0.1) is 0 Å². The van der Waals surface area contributed by atoms with Crippen LogP contribution in [0.1, 0.15) is 22.3 Å². The van der Waals surface area contributed by atoms with Crippen LogP contribution in [0.15, 0.2) is 35.4 Å². The fourth-order valence-electron chi connectivity index (χ4n) is 2.71. The number of ether oxygens (including phenoxy) is 5. The number of hydrogen-bond acceptors (Lipinski definition) is 7. The number of nitrogens with zero attached hydrogens (tertiary/aromatic N) is 1. The third-order valence-electron chi connectivity index (χ3n) is 4.08. The second-order valence-corrected chi connectivity index (χ2v) is 5.87. The van der Waals surface area contributed by atoms with Crippen LogP contribution in [0.2, 0.25) is 0 Å². The Morgan fingerprint density at radius 2 is 1.68 bits per heavy atom. The van der Waals surface area contributed by atoms with Crippen molar-refractivity contribution in [3.8, 4) is 28.7 Å². The minimum atomic E-state index is -0.362. The van der Waals surface area contributed by atoms with Gasteiger partial charge in [0.05, 0.1) is 40.8 Å². The Bertz CT molecular complexity index is 856. The van der Waals surface area contributed by atoms with E-state index in [0.717, 1.165) is 6.42 Å². The van der Waals surface area contributed by atoms with Gasteiger partial charge in [0, 0.05) is 17.5 Å². The van der Waals surface area contributed by atoms with Gasteiger partial charge >= 0.3 is 0 Å². The maximum atomic E-state index is 12.4. The summed E-state index contributed by atoms with van der Waals surface area (Å²) in [7, 11) is 4.60. The molecule has 0 spiro atoms. The van der Waals surface area contributed by atoms with Crippen LogP contribution in [0.25, 0.3) is 0 Å². The lowest BCUT2D eigenvalue weighted by Crippen LogP contribution is -2.17. The standard InChI is InChI=1S/C20H22N2O6/c1-24-17-9-13(10-18(25-2)19(17)26-3)12-21-22-20(23)14-5-6-15-16(11-14)28-8-4-7-27-15/h5-6,9-12H,4,7-8H2,1-3H3,(H,22,23)/b21-12+. The second kappa shape index (κ2) is 8.98. The molecule has 1 aliphatic heterocycles. The van der Waals surface area contributed by atoms with E-state index in [9.17, 15) is 4.79 Å². The zero-order chi connectivity index (χ0) is 19.9. The summed E-state index contributed by atoms with van der Waals surface area (Å²) in [5.41, 5.74) is 3.59. The van der Waals surface area contributed by atoms with Crippen LogP contribution >= 0.6 is 0 Å². The maximum absolute atomic E-state index is 12.4. The van der Waals surface area contributed by atoms with Gasteiger partial charge in [-0.05, 0) is 30.3 Å². The summed E-state index contributed by atoms with van der Waals surface area (Å²) >= 11 is 0.